The molecule has 1 saturated heterocycles. The van der Waals surface area contributed by atoms with Crippen LogP contribution in [0, 0.1) is 0 Å². The Kier molecular flexibility index (Phi) is 23.1. The molecule has 1 amide bonds. The Morgan fingerprint density at radius 1 is 0.753 bits per heavy atom. The number of aliphatic hydroxyl groups excluding tert-OH is 2. The van der Waals surface area contributed by atoms with E-state index in [0.717, 1.165) is 72.6 Å². The first kappa shape index (κ1) is 56.1. The smallest absolute Gasteiger partial charge is 0.222 e. The van der Waals surface area contributed by atoms with E-state index in [1.165, 1.54) is 25.7 Å². The van der Waals surface area contributed by atoms with Gasteiger partial charge in [-0.15, -0.1) is 0 Å². The molecule has 3 aromatic heterocycles. The van der Waals surface area contributed by atoms with E-state index in [1.54, 1.807) is 28.3 Å². The van der Waals surface area contributed by atoms with Gasteiger partial charge in [-0.1, -0.05) is 69.2 Å². The van der Waals surface area contributed by atoms with Gasteiger partial charge in [-0.25, -0.2) is 19.9 Å². The molecule has 5 N–H and O–H groups in total. The maximum Gasteiger partial charge on any atom is 0.222 e. The number of nitrogens with one attached hydrogen (secondary N) is 3. The van der Waals surface area contributed by atoms with Crippen molar-refractivity contribution in [1.82, 2.24) is 35.5 Å². The predicted molar refractivity (Wildman–Crippen MR) is 288 cm³/mol. The van der Waals surface area contributed by atoms with Gasteiger partial charge in [0.15, 0.2) is 17.4 Å². The number of anilines is 2. The summed E-state index contributed by atoms with van der Waals surface area (Å²) in [4.78, 5) is 35.5. The second-order valence-electron chi connectivity index (χ2n) is 17.9. The van der Waals surface area contributed by atoms with E-state index < -0.39 is 12.2 Å². The largest absolute Gasteiger partial charge is 0.491 e. The summed E-state index contributed by atoms with van der Waals surface area (Å²) in [5.74, 6) is 5.46. The van der Waals surface area contributed by atoms with E-state index in [4.69, 9.17) is 43.3 Å². The zero-order valence-electron chi connectivity index (χ0n) is 43.6. The fourth-order valence-corrected chi connectivity index (χ4v) is 8.67. The first-order valence-electron chi connectivity index (χ1n) is 25.9. The zero-order chi connectivity index (χ0) is 51.8. The number of likely N-dealkylation sites (N-methyl/N-ethyl adjacent to an activating group) is 2. The van der Waals surface area contributed by atoms with Crippen LogP contribution in [0.15, 0.2) is 95.4 Å². The van der Waals surface area contributed by atoms with Crippen LogP contribution >= 0.6 is 0 Å². The van der Waals surface area contributed by atoms with Crippen LogP contribution in [0.4, 0.5) is 11.6 Å². The van der Waals surface area contributed by atoms with E-state index in [0.29, 0.717) is 85.6 Å². The van der Waals surface area contributed by atoms with Crippen molar-refractivity contribution in [3.63, 3.8) is 0 Å². The van der Waals surface area contributed by atoms with Crippen LogP contribution < -0.4 is 30.3 Å². The van der Waals surface area contributed by atoms with Crippen LogP contribution in [0.3, 0.4) is 0 Å². The summed E-state index contributed by atoms with van der Waals surface area (Å²) in [6.07, 6.45) is 6.06. The highest BCUT2D eigenvalue weighted by Crippen LogP contribution is 2.36. The normalized spacial score (nSPS) is 14.3. The van der Waals surface area contributed by atoms with Gasteiger partial charge in [-0.05, 0) is 76.2 Å². The third kappa shape index (κ3) is 17.2. The Morgan fingerprint density at radius 2 is 1.38 bits per heavy atom. The summed E-state index contributed by atoms with van der Waals surface area (Å²) >= 11 is 0. The lowest BCUT2D eigenvalue weighted by molar-refractivity contribution is -0.127. The van der Waals surface area contributed by atoms with Crippen molar-refractivity contribution in [3.8, 4) is 45.7 Å². The average molecular weight is 1000 g/mol. The number of aliphatic hydroxyl groups is 2. The molecule has 2 aliphatic rings. The second kappa shape index (κ2) is 30.1. The number of fused-ring (bicyclic) bond motifs is 1. The summed E-state index contributed by atoms with van der Waals surface area (Å²) in [6, 6.07) is 29.2. The number of aromatic nitrogens is 4. The lowest BCUT2D eigenvalue weighted by Crippen LogP contribution is -2.31. The van der Waals surface area contributed by atoms with Crippen molar-refractivity contribution in [1.29, 1.82) is 0 Å². The Morgan fingerprint density at radius 3 is 1.97 bits per heavy atom. The molecule has 1 aliphatic carbocycles. The standard InChI is InChI=1S/C29H33N5O4.C25H38N4O4.C2H6/c1-30-18-22(35)19-37-23-9-4-8-21(15-23)29-32-24(26-16-20-7-2-3-10-25(20)38-26)17-27(33-29)31-12-6-14-34-13-5-11-28(34)36;1-26-17-21(30)18-33-22-10-6-9-20(15-22)25-27-23(19-7-4-5-8-19)16-24(28-25)29(11-13-31-2)12-14-32-3;1-2/h2-4,7-10,15-17,22,30,35H,5-6,11-14,18-19H2,1H3,(H,31,32,33);6,9-10,15-16,19,21,26,30H,4-5,7-8,11-14,17-18H2,1-3H3;1-2H3. The number of methoxy groups -OCH3 is 2. The molecule has 17 nitrogen and oxygen atoms in total. The monoisotopic (exact) mass is 1000 g/mol. The summed E-state index contributed by atoms with van der Waals surface area (Å²) in [6.45, 7) is 10.3. The quantitative estimate of drug-likeness (QED) is 0.0329. The second-order valence-corrected chi connectivity index (χ2v) is 17.9. The third-order valence-electron chi connectivity index (χ3n) is 12.4. The Hall–Kier alpha value is -6.21. The van der Waals surface area contributed by atoms with Crippen molar-refractivity contribution in [2.75, 3.05) is 111 Å². The Bertz CT molecular complexity index is 2530. The molecular formula is C56H77N9O8. The lowest BCUT2D eigenvalue weighted by Gasteiger charge is -2.25. The van der Waals surface area contributed by atoms with Crippen molar-refractivity contribution in [2.24, 2.45) is 0 Å². The van der Waals surface area contributed by atoms with E-state index in [1.807, 2.05) is 104 Å². The molecule has 6 aromatic rings. The van der Waals surface area contributed by atoms with E-state index >= 15 is 0 Å². The molecule has 3 aromatic carbocycles. The number of hydrogen-bond acceptors (Lipinski definition) is 16. The van der Waals surface area contributed by atoms with E-state index in [-0.39, 0.29) is 19.1 Å². The van der Waals surface area contributed by atoms with Crippen LogP contribution in [0.25, 0.3) is 45.2 Å². The van der Waals surface area contributed by atoms with Crippen LogP contribution in [0.1, 0.15) is 70.4 Å². The van der Waals surface area contributed by atoms with E-state index in [9.17, 15) is 15.0 Å². The molecule has 73 heavy (non-hydrogen) atoms. The van der Waals surface area contributed by atoms with Gasteiger partial charge in [0, 0.05) is 107 Å². The number of carbonyl (C=O) groups is 1. The zero-order valence-corrected chi connectivity index (χ0v) is 43.6. The summed E-state index contributed by atoms with van der Waals surface area (Å²) in [5.41, 5.74) is 4.25. The van der Waals surface area contributed by atoms with Gasteiger partial charge in [0.2, 0.25) is 5.91 Å². The summed E-state index contributed by atoms with van der Waals surface area (Å²) in [5, 5.41) is 30.2. The number of furan rings is 1. The Balaban J connectivity index is 0.000000233. The fraction of sp³-hybridized carbons (Fsp3) is 0.482. The summed E-state index contributed by atoms with van der Waals surface area (Å²) < 4.78 is 28.4. The molecule has 1 aliphatic heterocycles. The van der Waals surface area contributed by atoms with Gasteiger partial charge >= 0.3 is 0 Å². The molecule has 2 atom stereocenters. The molecule has 394 valence electrons. The highest BCUT2D eigenvalue weighted by atomic mass is 16.5. The molecule has 17 heteroatoms. The molecule has 8 rings (SSSR count). The average Bonchev–Trinajstić information content (AvgIpc) is 4.22. The predicted octanol–water partition coefficient (Wildman–Crippen LogP) is 7.83. The topological polar surface area (TPSA) is 202 Å². The molecule has 4 heterocycles. The number of carbonyl (C=O) groups excluding carboxylic acids is 1. The minimum Gasteiger partial charge on any atom is -0.491 e. The van der Waals surface area contributed by atoms with Crippen molar-refractivity contribution >= 4 is 28.5 Å². The minimum atomic E-state index is -0.608. The minimum absolute atomic E-state index is 0.177. The number of likely N-dealkylation sites (tertiary alicyclic amines) is 1. The van der Waals surface area contributed by atoms with Gasteiger partial charge < -0.3 is 59.3 Å². The van der Waals surface area contributed by atoms with Crippen molar-refractivity contribution < 1.29 is 38.4 Å². The third-order valence-corrected chi connectivity index (χ3v) is 12.4. The van der Waals surface area contributed by atoms with Crippen LogP contribution in [-0.4, -0.2) is 154 Å². The molecule has 2 unspecified atom stereocenters. The molecule has 0 bridgehead atoms. The van der Waals surface area contributed by atoms with Crippen LogP contribution in [0.5, 0.6) is 11.5 Å². The first-order chi connectivity index (χ1) is 35.7. The number of para-hydroxylation sites is 1. The summed E-state index contributed by atoms with van der Waals surface area (Å²) in [7, 11) is 7.01. The number of amides is 1. The first-order valence-corrected chi connectivity index (χ1v) is 25.9. The van der Waals surface area contributed by atoms with Gasteiger partial charge in [-0.3, -0.25) is 4.79 Å². The van der Waals surface area contributed by atoms with Gasteiger partial charge in [-0.2, -0.15) is 0 Å². The molecule has 0 spiro atoms. The molecular weight excluding hydrogens is 927 g/mol. The molecule has 2 fully saturated rings. The van der Waals surface area contributed by atoms with Crippen molar-refractivity contribution in [2.45, 2.75) is 76.9 Å². The SMILES string of the molecule is CC.CNCC(O)COc1cccc(-c2nc(C3CCCC3)cc(N(CCOC)CCOC)n2)c1.CNCC(O)COc1cccc(-c2nc(NCCCN3CCCC3=O)cc(-c3cc4ccccc4o3)n2)c1. The van der Waals surface area contributed by atoms with Crippen LogP contribution in [0.2, 0.25) is 0 Å². The number of nitrogens with zero attached hydrogens (tertiary/aromatic N) is 6. The van der Waals surface area contributed by atoms with Crippen LogP contribution in [-0.2, 0) is 14.3 Å². The highest BCUT2D eigenvalue weighted by molar-refractivity contribution is 5.83. The van der Waals surface area contributed by atoms with E-state index in [2.05, 4.69) is 26.9 Å². The number of rotatable bonds is 26. The maximum absolute atomic E-state index is 11.9. The van der Waals surface area contributed by atoms with Gasteiger partial charge in [0.05, 0.1) is 13.2 Å². The van der Waals surface area contributed by atoms with Gasteiger partial charge in [0.1, 0.15) is 59.8 Å². The molecule has 0 radical (unpaired) electrons. The fourth-order valence-electron chi connectivity index (χ4n) is 8.67. The Labute approximate surface area is 431 Å². The number of ether oxygens (including phenoxy) is 4. The van der Waals surface area contributed by atoms with Gasteiger partial charge in [0.25, 0.3) is 0 Å². The molecule has 1 saturated carbocycles. The highest BCUT2D eigenvalue weighted by Gasteiger charge is 2.23. The van der Waals surface area contributed by atoms with Crippen molar-refractivity contribution in [3.05, 3.63) is 96.7 Å². The lowest BCUT2D eigenvalue weighted by atomic mass is 10.0. The number of hydrogen-bond donors (Lipinski definition) is 5. The maximum atomic E-state index is 11.9. The number of benzene rings is 3.